The lowest BCUT2D eigenvalue weighted by atomic mass is 9.90. The molecule has 1 amide bonds. The normalized spacial score (nSPS) is 12.2. The van der Waals surface area contributed by atoms with Gasteiger partial charge in [0, 0.05) is 40.9 Å². The minimum Gasteiger partial charge on any atom is -0.385 e. The van der Waals surface area contributed by atoms with E-state index in [9.17, 15) is 4.79 Å². The van der Waals surface area contributed by atoms with Crippen molar-refractivity contribution in [1.29, 1.82) is 0 Å². The summed E-state index contributed by atoms with van der Waals surface area (Å²) in [5, 5.41) is 6.62. The number of likely N-dealkylation sites (N-methyl/N-ethyl adjacent to an activating group) is 1. The molecule has 0 aromatic rings. The Morgan fingerprint density at radius 2 is 1.95 bits per heavy atom. The zero-order chi connectivity index (χ0) is 17.0. The van der Waals surface area contributed by atoms with Crippen molar-refractivity contribution < 1.29 is 9.53 Å². The Bertz CT molecular complexity index is 341. The smallest absolute Gasteiger partial charge is 0.243 e. The highest BCUT2D eigenvalue weighted by molar-refractivity contribution is 5.84. The van der Waals surface area contributed by atoms with Gasteiger partial charge in [0.1, 0.15) is 6.54 Å². The van der Waals surface area contributed by atoms with Crippen molar-refractivity contribution in [3.63, 3.8) is 0 Å². The molecule has 0 heterocycles. The first-order chi connectivity index (χ1) is 10.3. The van der Waals surface area contributed by atoms with E-state index >= 15 is 0 Å². The number of hydrogen-bond acceptors (Lipinski definition) is 3. The fraction of sp³-hybridized carbons (Fsp3) is 0.875. The predicted octanol–water partition coefficient (Wildman–Crippen LogP) is 1.47. The van der Waals surface area contributed by atoms with Crippen LogP contribution in [0.15, 0.2) is 4.99 Å². The number of hydrogen-bond donors (Lipinski definition) is 2. The fourth-order valence-corrected chi connectivity index (χ4v) is 1.64. The number of rotatable bonds is 10. The molecule has 0 fully saturated rings. The van der Waals surface area contributed by atoms with Crippen molar-refractivity contribution in [3.8, 4) is 0 Å². The SMILES string of the molecule is CCCCNC(=NCC(=O)N(C)C)NCC(C)(C)CCOC. The molecule has 0 aromatic heterocycles. The molecular formula is C16H34N4O2. The van der Waals surface area contributed by atoms with Gasteiger partial charge in [-0.2, -0.15) is 0 Å². The van der Waals surface area contributed by atoms with Crippen molar-refractivity contribution >= 4 is 11.9 Å². The Balaban J connectivity index is 4.51. The number of nitrogens with zero attached hydrogens (tertiary/aromatic N) is 2. The summed E-state index contributed by atoms with van der Waals surface area (Å²) >= 11 is 0. The number of ether oxygens (including phenoxy) is 1. The van der Waals surface area contributed by atoms with E-state index in [2.05, 4.69) is 36.4 Å². The molecule has 130 valence electrons. The topological polar surface area (TPSA) is 66.0 Å². The molecular weight excluding hydrogens is 280 g/mol. The molecule has 2 N–H and O–H groups in total. The van der Waals surface area contributed by atoms with Gasteiger partial charge in [0.05, 0.1) is 0 Å². The summed E-state index contributed by atoms with van der Waals surface area (Å²) in [5.41, 5.74) is 0.106. The molecule has 0 bridgehead atoms. The molecule has 0 atom stereocenters. The van der Waals surface area contributed by atoms with Crippen LogP contribution >= 0.6 is 0 Å². The molecule has 0 aliphatic heterocycles. The van der Waals surface area contributed by atoms with Gasteiger partial charge in [-0.3, -0.25) is 4.79 Å². The number of nitrogens with one attached hydrogen (secondary N) is 2. The molecule has 0 saturated carbocycles. The molecule has 0 spiro atoms. The fourth-order valence-electron chi connectivity index (χ4n) is 1.64. The van der Waals surface area contributed by atoms with E-state index in [1.807, 2.05) is 0 Å². The van der Waals surface area contributed by atoms with Gasteiger partial charge < -0.3 is 20.3 Å². The van der Waals surface area contributed by atoms with Crippen LogP contribution in [0.3, 0.4) is 0 Å². The van der Waals surface area contributed by atoms with E-state index in [-0.39, 0.29) is 17.9 Å². The maximum absolute atomic E-state index is 11.7. The van der Waals surface area contributed by atoms with Crippen molar-refractivity contribution in [2.24, 2.45) is 10.4 Å². The molecule has 0 aliphatic rings. The summed E-state index contributed by atoms with van der Waals surface area (Å²) in [6, 6.07) is 0. The van der Waals surface area contributed by atoms with Gasteiger partial charge in [-0.05, 0) is 18.3 Å². The zero-order valence-corrected chi connectivity index (χ0v) is 15.2. The number of methoxy groups -OCH3 is 1. The highest BCUT2D eigenvalue weighted by Crippen LogP contribution is 2.18. The second-order valence-corrected chi connectivity index (χ2v) is 6.49. The largest absolute Gasteiger partial charge is 0.385 e. The number of unbranched alkanes of at least 4 members (excludes halogenated alkanes) is 1. The Morgan fingerprint density at radius 3 is 2.50 bits per heavy atom. The maximum atomic E-state index is 11.7. The van der Waals surface area contributed by atoms with E-state index in [1.165, 1.54) is 0 Å². The predicted molar refractivity (Wildman–Crippen MR) is 92.2 cm³/mol. The molecule has 6 nitrogen and oxygen atoms in total. The van der Waals surface area contributed by atoms with Crippen LogP contribution in [0, 0.1) is 5.41 Å². The lowest BCUT2D eigenvalue weighted by Crippen LogP contribution is -2.43. The Morgan fingerprint density at radius 1 is 1.27 bits per heavy atom. The average Bonchev–Trinajstić information content (AvgIpc) is 2.47. The Kier molecular flexibility index (Phi) is 10.6. The van der Waals surface area contributed by atoms with Crippen LogP contribution in [0.4, 0.5) is 0 Å². The third-order valence-electron chi connectivity index (χ3n) is 3.41. The first kappa shape index (κ1) is 20.7. The van der Waals surface area contributed by atoms with E-state index in [1.54, 1.807) is 26.1 Å². The highest BCUT2D eigenvalue weighted by Gasteiger charge is 2.18. The second kappa shape index (κ2) is 11.3. The first-order valence-electron chi connectivity index (χ1n) is 8.03. The van der Waals surface area contributed by atoms with E-state index in [4.69, 9.17) is 4.74 Å². The van der Waals surface area contributed by atoms with Gasteiger partial charge in [0.15, 0.2) is 5.96 Å². The number of aliphatic imine (C=N–C) groups is 1. The van der Waals surface area contributed by atoms with Crippen LogP contribution < -0.4 is 10.6 Å². The van der Waals surface area contributed by atoms with Crippen LogP contribution in [0.25, 0.3) is 0 Å². The van der Waals surface area contributed by atoms with Crippen LogP contribution in [0.5, 0.6) is 0 Å². The minimum atomic E-state index is -0.00441. The molecule has 0 unspecified atom stereocenters. The molecule has 0 aliphatic carbocycles. The number of guanidine groups is 1. The summed E-state index contributed by atoms with van der Waals surface area (Å²) in [7, 11) is 5.20. The summed E-state index contributed by atoms with van der Waals surface area (Å²) in [6.45, 7) is 9.06. The quantitative estimate of drug-likeness (QED) is 0.364. The van der Waals surface area contributed by atoms with Gasteiger partial charge in [0.2, 0.25) is 5.91 Å². The van der Waals surface area contributed by atoms with E-state index < -0.39 is 0 Å². The Labute approximate surface area is 135 Å². The van der Waals surface area contributed by atoms with Crippen molar-refractivity contribution in [3.05, 3.63) is 0 Å². The number of amides is 1. The van der Waals surface area contributed by atoms with E-state index in [0.29, 0.717) is 5.96 Å². The number of carbonyl (C=O) groups excluding carboxylic acids is 1. The molecule has 22 heavy (non-hydrogen) atoms. The average molecular weight is 314 g/mol. The summed E-state index contributed by atoms with van der Waals surface area (Å²) < 4.78 is 5.15. The van der Waals surface area contributed by atoms with Gasteiger partial charge in [0.25, 0.3) is 0 Å². The lowest BCUT2D eigenvalue weighted by Gasteiger charge is -2.26. The molecule has 0 rings (SSSR count). The second-order valence-electron chi connectivity index (χ2n) is 6.49. The zero-order valence-electron chi connectivity index (χ0n) is 15.2. The Hall–Kier alpha value is -1.30. The molecule has 0 radical (unpaired) electrons. The summed E-state index contributed by atoms with van der Waals surface area (Å²) in [5.74, 6) is 0.698. The summed E-state index contributed by atoms with van der Waals surface area (Å²) in [6.07, 6.45) is 3.17. The van der Waals surface area contributed by atoms with Crippen molar-refractivity contribution in [1.82, 2.24) is 15.5 Å². The third-order valence-corrected chi connectivity index (χ3v) is 3.41. The highest BCUT2D eigenvalue weighted by atomic mass is 16.5. The molecule has 6 heteroatoms. The van der Waals surface area contributed by atoms with Gasteiger partial charge in [-0.1, -0.05) is 27.2 Å². The first-order valence-corrected chi connectivity index (χ1v) is 8.03. The van der Waals surface area contributed by atoms with Gasteiger partial charge >= 0.3 is 0 Å². The van der Waals surface area contributed by atoms with Crippen LogP contribution in [-0.2, 0) is 9.53 Å². The monoisotopic (exact) mass is 314 g/mol. The standard InChI is InChI=1S/C16H34N4O2/c1-7-8-10-17-15(18-12-14(21)20(4)5)19-13-16(2,3)9-11-22-6/h7-13H2,1-6H3,(H2,17,18,19). The molecule has 0 aromatic carbocycles. The van der Waals surface area contributed by atoms with Crippen molar-refractivity contribution in [2.45, 2.75) is 40.0 Å². The van der Waals surface area contributed by atoms with Crippen LogP contribution in [0.1, 0.15) is 40.0 Å². The molecule has 0 saturated heterocycles. The van der Waals surface area contributed by atoms with E-state index in [0.717, 1.165) is 39.0 Å². The van der Waals surface area contributed by atoms with Crippen LogP contribution in [0.2, 0.25) is 0 Å². The third kappa shape index (κ3) is 10.4. The van der Waals surface area contributed by atoms with Gasteiger partial charge in [-0.25, -0.2) is 4.99 Å². The number of carbonyl (C=O) groups is 1. The van der Waals surface area contributed by atoms with Gasteiger partial charge in [-0.15, -0.1) is 0 Å². The summed E-state index contributed by atoms with van der Waals surface area (Å²) in [4.78, 5) is 17.6. The maximum Gasteiger partial charge on any atom is 0.243 e. The van der Waals surface area contributed by atoms with Crippen molar-refractivity contribution in [2.75, 3.05) is 47.4 Å². The lowest BCUT2D eigenvalue weighted by molar-refractivity contribution is -0.127. The van der Waals surface area contributed by atoms with Crippen LogP contribution in [-0.4, -0.2) is 64.2 Å². The minimum absolute atomic E-state index is 0.00441.